The highest BCUT2D eigenvalue weighted by Gasteiger charge is 2.59. The maximum atomic E-state index is 10.8. The predicted octanol–water partition coefficient (Wildman–Crippen LogP) is 2.42. The van der Waals surface area contributed by atoms with Gasteiger partial charge < -0.3 is 15.3 Å². The van der Waals surface area contributed by atoms with Crippen molar-refractivity contribution in [3.63, 3.8) is 0 Å². The lowest BCUT2D eigenvalue weighted by molar-refractivity contribution is -0.0907. The number of allylic oxidation sites excluding steroid dienone is 1. The van der Waals surface area contributed by atoms with Gasteiger partial charge in [-0.05, 0) is 55.3 Å². The summed E-state index contributed by atoms with van der Waals surface area (Å²) in [7, 11) is 0. The third kappa shape index (κ3) is 1.79. The summed E-state index contributed by atoms with van der Waals surface area (Å²) >= 11 is 0. The molecule has 0 heterocycles. The van der Waals surface area contributed by atoms with Crippen LogP contribution >= 0.6 is 0 Å². The molecule has 0 radical (unpaired) electrons. The number of fused-ring (bicyclic) bond motifs is 5. The summed E-state index contributed by atoms with van der Waals surface area (Å²) in [4.78, 5) is 0. The summed E-state index contributed by atoms with van der Waals surface area (Å²) in [5.41, 5.74) is 1.15. The molecule has 0 saturated heterocycles. The molecule has 0 aliphatic heterocycles. The van der Waals surface area contributed by atoms with Crippen LogP contribution in [0.1, 0.15) is 46.0 Å². The highest BCUT2D eigenvalue weighted by molar-refractivity contribution is 5.34. The van der Waals surface area contributed by atoms with Crippen molar-refractivity contribution >= 4 is 0 Å². The largest absolute Gasteiger partial charge is 0.393 e. The normalized spacial score (nSPS) is 56.9. The molecule has 8 atom stereocenters. The Labute approximate surface area is 132 Å². The first-order chi connectivity index (χ1) is 10.4. The Kier molecular flexibility index (Phi) is 3.18. The molecule has 0 aromatic carbocycles. The Morgan fingerprint density at radius 2 is 1.82 bits per heavy atom. The fourth-order valence-electron chi connectivity index (χ4n) is 6.20. The van der Waals surface area contributed by atoms with Crippen molar-refractivity contribution < 1.29 is 15.3 Å². The molecule has 2 saturated carbocycles. The van der Waals surface area contributed by atoms with E-state index in [9.17, 15) is 15.3 Å². The molecular weight excluding hydrogens is 276 g/mol. The van der Waals surface area contributed by atoms with Gasteiger partial charge in [-0.1, -0.05) is 37.6 Å². The Morgan fingerprint density at radius 3 is 2.59 bits per heavy atom. The lowest BCUT2D eigenvalue weighted by Crippen LogP contribution is -2.54. The summed E-state index contributed by atoms with van der Waals surface area (Å²) in [5, 5.41) is 31.2. The maximum Gasteiger partial charge on any atom is 0.0758 e. The molecule has 0 aromatic heterocycles. The third-order valence-electron chi connectivity index (χ3n) is 7.60. The minimum absolute atomic E-state index is 0.0260. The van der Waals surface area contributed by atoms with Gasteiger partial charge >= 0.3 is 0 Å². The van der Waals surface area contributed by atoms with E-state index in [1.807, 2.05) is 12.2 Å². The second kappa shape index (κ2) is 4.68. The molecule has 122 valence electrons. The number of aliphatic hydroxyl groups excluding tert-OH is 3. The number of aliphatic hydroxyl groups is 3. The maximum absolute atomic E-state index is 10.8. The van der Waals surface area contributed by atoms with Gasteiger partial charge in [0.1, 0.15) is 0 Å². The first-order valence-electron chi connectivity index (χ1n) is 8.81. The summed E-state index contributed by atoms with van der Waals surface area (Å²) in [5.74, 6) is 1.07. The van der Waals surface area contributed by atoms with E-state index in [-0.39, 0.29) is 22.9 Å². The van der Waals surface area contributed by atoms with Crippen molar-refractivity contribution in [1.29, 1.82) is 0 Å². The van der Waals surface area contributed by atoms with Gasteiger partial charge in [-0.3, -0.25) is 0 Å². The van der Waals surface area contributed by atoms with E-state index in [4.69, 9.17) is 0 Å². The van der Waals surface area contributed by atoms with E-state index < -0.39 is 12.2 Å². The molecule has 2 fully saturated rings. The van der Waals surface area contributed by atoms with Crippen LogP contribution in [0, 0.1) is 28.6 Å². The summed E-state index contributed by atoms with van der Waals surface area (Å²) in [6.45, 7) is 4.50. The molecule has 3 nitrogen and oxygen atoms in total. The van der Waals surface area contributed by atoms with Gasteiger partial charge in [-0.2, -0.15) is 0 Å². The summed E-state index contributed by atoms with van der Waals surface area (Å²) in [6.07, 6.45) is 9.74. The van der Waals surface area contributed by atoms with Crippen LogP contribution in [0.15, 0.2) is 23.8 Å². The zero-order chi connectivity index (χ0) is 15.7. The molecule has 0 aromatic rings. The topological polar surface area (TPSA) is 60.7 Å². The Morgan fingerprint density at radius 1 is 1.05 bits per heavy atom. The van der Waals surface area contributed by atoms with E-state index >= 15 is 0 Å². The Bertz CT molecular complexity index is 539. The van der Waals surface area contributed by atoms with E-state index in [0.717, 1.165) is 25.7 Å². The lowest BCUT2D eigenvalue weighted by Gasteiger charge is -2.57. The van der Waals surface area contributed by atoms with E-state index in [1.165, 1.54) is 5.57 Å². The number of hydrogen-bond acceptors (Lipinski definition) is 3. The van der Waals surface area contributed by atoms with Gasteiger partial charge in [0.25, 0.3) is 0 Å². The van der Waals surface area contributed by atoms with Gasteiger partial charge in [0, 0.05) is 5.41 Å². The highest BCUT2D eigenvalue weighted by Crippen LogP contribution is 2.63. The van der Waals surface area contributed by atoms with Gasteiger partial charge in [-0.15, -0.1) is 0 Å². The summed E-state index contributed by atoms with van der Waals surface area (Å²) < 4.78 is 0. The molecule has 4 aliphatic rings. The number of rotatable bonds is 0. The standard InChI is InChI=1S/C19H28O3/c1-18-7-5-12(20)9-11(18)10-15(21)17-13-3-4-16(22)19(13,2)8-6-14(17)18/h5,7,10,12-17,20-22H,3-4,6,8-9H2,1-2H3/t12-,13+,14+,15+,16+,17+,18+,19+/m1/s1. The average Bonchev–Trinajstić information content (AvgIpc) is 2.77. The van der Waals surface area contributed by atoms with Crippen LogP contribution in [0.2, 0.25) is 0 Å². The molecule has 22 heavy (non-hydrogen) atoms. The molecule has 4 aliphatic carbocycles. The van der Waals surface area contributed by atoms with E-state index in [1.54, 1.807) is 0 Å². The third-order valence-corrected chi connectivity index (χ3v) is 7.60. The molecule has 0 amide bonds. The smallest absolute Gasteiger partial charge is 0.0758 e. The van der Waals surface area contributed by atoms with Gasteiger partial charge in [-0.25, -0.2) is 0 Å². The minimum atomic E-state index is -0.429. The van der Waals surface area contributed by atoms with Crippen LogP contribution in [-0.4, -0.2) is 33.6 Å². The minimum Gasteiger partial charge on any atom is -0.393 e. The first kappa shape index (κ1) is 14.9. The van der Waals surface area contributed by atoms with Crippen LogP contribution in [-0.2, 0) is 0 Å². The zero-order valence-corrected chi connectivity index (χ0v) is 13.6. The SMILES string of the molecule is C[C@]12CC[C@H]3[C@@H]([C@@H](O)C=C4C[C@H](O)C=C[C@@]43C)[C@@H]1CC[C@@H]2O. The van der Waals surface area contributed by atoms with Crippen molar-refractivity contribution in [2.24, 2.45) is 28.6 Å². The predicted molar refractivity (Wildman–Crippen MR) is 85.0 cm³/mol. The molecule has 0 unspecified atom stereocenters. The fourth-order valence-corrected chi connectivity index (χ4v) is 6.20. The van der Waals surface area contributed by atoms with Gasteiger partial charge in [0.15, 0.2) is 0 Å². The van der Waals surface area contributed by atoms with Crippen molar-refractivity contribution in [3.8, 4) is 0 Å². The Balaban J connectivity index is 1.76. The molecule has 0 spiro atoms. The monoisotopic (exact) mass is 304 g/mol. The lowest BCUT2D eigenvalue weighted by atomic mass is 9.48. The van der Waals surface area contributed by atoms with E-state index in [2.05, 4.69) is 19.9 Å². The molecule has 4 rings (SSSR count). The van der Waals surface area contributed by atoms with Crippen LogP contribution in [0.3, 0.4) is 0 Å². The quantitative estimate of drug-likeness (QED) is 0.602. The van der Waals surface area contributed by atoms with Crippen molar-refractivity contribution in [2.75, 3.05) is 0 Å². The van der Waals surface area contributed by atoms with Crippen molar-refractivity contribution in [3.05, 3.63) is 23.8 Å². The van der Waals surface area contributed by atoms with Crippen LogP contribution in [0.25, 0.3) is 0 Å². The second-order valence-corrected chi connectivity index (χ2v) is 8.52. The Hall–Kier alpha value is -0.640. The van der Waals surface area contributed by atoms with E-state index in [0.29, 0.717) is 18.3 Å². The van der Waals surface area contributed by atoms with Crippen LogP contribution < -0.4 is 0 Å². The van der Waals surface area contributed by atoms with Gasteiger partial charge in [0.2, 0.25) is 0 Å². The fraction of sp³-hybridized carbons (Fsp3) is 0.789. The molecular formula is C19H28O3. The molecule has 0 bridgehead atoms. The van der Waals surface area contributed by atoms with Crippen molar-refractivity contribution in [1.82, 2.24) is 0 Å². The van der Waals surface area contributed by atoms with Crippen molar-refractivity contribution in [2.45, 2.75) is 64.3 Å². The molecule has 3 N–H and O–H groups in total. The first-order valence-corrected chi connectivity index (χ1v) is 8.81. The summed E-state index contributed by atoms with van der Waals surface area (Å²) in [6, 6.07) is 0. The number of hydrogen-bond donors (Lipinski definition) is 3. The molecule has 3 heteroatoms. The highest BCUT2D eigenvalue weighted by atomic mass is 16.3. The van der Waals surface area contributed by atoms with Crippen LogP contribution in [0.5, 0.6) is 0 Å². The zero-order valence-electron chi connectivity index (χ0n) is 13.6. The average molecular weight is 304 g/mol. The second-order valence-electron chi connectivity index (χ2n) is 8.52. The van der Waals surface area contributed by atoms with Crippen LogP contribution in [0.4, 0.5) is 0 Å². The van der Waals surface area contributed by atoms with Gasteiger partial charge in [0.05, 0.1) is 18.3 Å².